The molecule has 0 unspecified atom stereocenters. The summed E-state index contributed by atoms with van der Waals surface area (Å²) in [5.41, 5.74) is 6.62. The van der Waals surface area contributed by atoms with Crippen molar-refractivity contribution >= 4 is 43.7 Å². The number of pyridine rings is 1. The number of fused-ring (bicyclic) bond motifs is 6. The lowest BCUT2D eigenvalue weighted by molar-refractivity contribution is 0.570. The SMILES string of the molecule is CC(C)(C)c1cc2nc(-c3cccc4c3oc3c5ccccc5ccc43)n(-c3ccccc3)c2cn1. The second-order valence-corrected chi connectivity index (χ2v) is 10.4. The summed E-state index contributed by atoms with van der Waals surface area (Å²) in [6.45, 7) is 6.53. The Morgan fingerprint density at radius 3 is 2.31 bits per heavy atom. The van der Waals surface area contributed by atoms with Crippen LogP contribution in [0.1, 0.15) is 26.5 Å². The van der Waals surface area contributed by atoms with Gasteiger partial charge in [-0.2, -0.15) is 0 Å². The van der Waals surface area contributed by atoms with Gasteiger partial charge in [-0.15, -0.1) is 0 Å². The molecular formula is C32H25N3O. The van der Waals surface area contributed by atoms with E-state index in [1.165, 1.54) is 5.39 Å². The highest BCUT2D eigenvalue weighted by atomic mass is 16.3. The summed E-state index contributed by atoms with van der Waals surface area (Å²) in [6.07, 6.45) is 1.95. The van der Waals surface area contributed by atoms with E-state index in [4.69, 9.17) is 14.4 Å². The van der Waals surface area contributed by atoms with Gasteiger partial charge in [-0.1, -0.05) is 81.4 Å². The monoisotopic (exact) mass is 467 g/mol. The highest BCUT2D eigenvalue weighted by Gasteiger charge is 2.22. The van der Waals surface area contributed by atoms with Crippen molar-refractivity contribution in [3.05, 3.63) is 103 Å². The van der Waals surface area contributed by atoms with Crippen LogP contribution >= 0.6 is 0 Å². The highest BCUT2D eigenvalue weighted by Crippen LogP contribution is 2.40. The lowest BCUT2D eigenvalue weighted by atomic mass is 9.91. The van der Waals surface area contributed by atoms with Gasteiger partial charge in [0.25, 0.3) is 0 Å². The number of rotatable bonds is 2. The molecule has 0 aliphatic rings. The Bertz CT molecular complexity index is 1920. The lowest BCUT2D eigenvalue weighted by Gasteiger charge is -2.17. The molecule has 4 nitrogen and oxygen atoms in total. The predicted molar refractivity (Wildman–Crippen MR) is 148 cm³/mol. The van der Waals surface area contributed by atoms with Gasteiger partial charge in [-0.3, -0.25) is 9.55 Å². The summed E-state index contributed by atoms with van der Waals surface area (Å²) < 4.78 is 8.84. The molecule has 0 fully saturated rings. The summed E-state index contributed by atoms with van der Waals surface area (Å²) in [5, 5.41) is 4.49. The Hall–Kier alpha value is -4.44. The second-order valence-electron chi connectivity index (χ2n) is 10.4. The smallest absolute Gasteiger partial charge is 0.149 e. The average molecular weight is 468 g/mol. The molecule has 0 aliphatic heterocycles. The Morgan fingerprint density at radius 2 is 1.47 bits per heavy atom. The van der Waals surface area contributed by atoms with Crippen molar-refractivity contribution in [2.45, 2.75) is 26.2 Å². The van der Waals surface area contributed by atoms with E-state index < -0.39 is 0 Å². The summed E-state index contributed by atoms with van der Waals surface area (Å²) in [4.78, 5) is 10.00. The molecule has 0 N–H and O–H groups in total. The molecule has 4 heteroatoms. The van der Waals surface area contributed by atoms with E-state index in [0.717, 1.165) is 61.1 Å². The molecule has 36 heavy (non-hydrogen) atoms. The zero-order valence-corrected chi connectivity index (χ0v) is 20.5. The zero-order valence-electron chi connectivity index (χ0n) is 20.5. The molecule has 0 bridgehead atoms. The fourth-order valence-corrected chi connectivity index (χ4v) is 5.11. The Balaban J connectivity index is 1.58. The van der Waals surface area contributed by atoms with Gasteiger partial charge in [0.2, 0.25) is 0 Å². The van der Waals surface area contributed by atoms with Gasteiger partial charge in [0, 0.05) is 33.0 Å². The number of nitrogens with zero attached hydrogens (tertiary/aromatic N) is 3. The van der Waals surface area contributed by atoms with Crippen LogP contribution in [0.2, 0.25) is 0 Å². The lowest BCUT2D eigenvalue weighted by Crippen LogP contribution is -2.13. The highest BCUT2D eigenvalue weighted by molar-refractivity contribution is 6.17. The largest absolute Gasteiger partial charge is 0.455 e. The normalized spacial score (nSPS) is 12.3. The summed E-state index contributed by atoms with van der Waals surface area (Å²) >= 11 is 0. The topological polar surface area (TPSA) is 43.9 Å². The minimum Gasteiger partial charge on any atom is -0.455 e. The van der Waals surface area contributed by atoms with E-state index in [0.29, 0.717) is 0 Å². The maximum absolute atomic E-state index is 6.65. The van der Waals surface area contributed by atoms with E-state index in [1.54, 1.807) is 0 Å². The standard InChI is InChI=1S/C32H25N3O/c1-32(2,3)28-18-26-27(19-33-28)35(21-11-5-4-6-12-21)31(34-26)25-15-9-14-23-24-17-16-20-10-7-8-13-22(20)29(24)36-30(23)25/h4-19H,1-3H3. The van der Waals surface area contributed by atoms with E-state index in [-0.39, 0.29) is 5.41 Å². The third-order valence-corrected chi connectivity index (χ3v) is 6.95. The Morgan fingerprint density at radius 1 is 0.722 bits per heavy atom. The van der Waals surface area contributed by atoms with Gasteiger partial charge in [0.05, 0.1) is 22.8 Å². The van der Waals surface area contributed by atoms with Crippen LogP contribution in [0.15, 0.2) is 102 Å². The van der Waals surface area contributed by atoms with Crippen molar-refractivity contribution in [3.8, 4) is 17.1 Å². The molecule has 7 aromatic rings. The molecular weight excluding hydrogens is 442 g/mol. The fraction of sp³-hybridized carbons (Fsp3) is 0.125. The molecule has 7 rings (SSSR count). The number of para-hydroxylation sites is 2. The van der Waals surface area contributed by atoms with Crippen LogP contribution in [-0.4, -0.2) is 14.5 Å². The number of aromatic nitrogens is 3. The van der Waals surface area contributed by atoms with Crippen molar-refractivity contribution in [1.29, 1.82) is 0 Å². The van der Waals surface area contributed by atoms with Crippen molar-refractivity contribution in [2.75, 3.05) is 0 Å². The van der Waals surface area contributed by atoms with Crippen LogP contribution < -0.4 is 0 Å². The van der Waals surface area contributed by atoms with Crippen LogP contribution in [0.3, 0.4) is 0 Å². The van der Waals surface area contributed by atoms with E-state index in [9.17, 15) is 0 Å². The van der Waals surface area contributed by atoms with E-state index in [1.807, 2.05) is 12.3 Å². The number of hydrogen-bond acceptors (Lipinski definition) is 3. The summed E-state index contributed by atoms with van der Waals surface area (Å²) in [6, 6.07) is 31.5. The number of benzene rings is 4. The molecule has 174 valence electrons. The Kier molecular flexibility index (Phi) is 4.37. The number of hydrogen-bond donors (Lipinski definition) is 0. The first-order valence-corrected chi connectivity index (χ1v) is 12.3. The first-order chi connectivity index (χ1) is 17.5. The van der Waals surface area contributed by atoms with Crippen LogP contribution in [0.25, 0.3) is 60.8 Å². The first-order valence-electron chi connectivity index (χ1n) is 12.3. The minimum absolute atomic E-state index is 0.0648. The molecule has 0 aliphatic carbocycles. The quantitative estimate of drug-likeness (QED) is 0.256. The van der Waals surface area contributed by atoms with Crippen LogP contribution in [-0.2, 0) is 5.41 Å². The van der Waals surface area contributed by atoms with Crippen LogP contribution in [0.5, 0.6) is 0 Å². The van der Waals surface area contributed by atoms with Gasteiger partial charge >= 0.3 is 0 Å². The average Bonchev–Trinajstić information content (AvgIpc) is 3.47. The van der Waals surface area contributed by atoms with Gasteiger partial charge in [0.1, 0.15) is 17.0 Å². The maximum atomic E-state index is 6.65. The zero-order chi connectivity index (χ0) is 24.4. The van der Waals surface area contributed by atoms with Crippen molar-refractivity contribution in [1.82, 2.24) is 14.5 Å². The third-order valence-electron chi connectivity index (χ3n) is 6.95. The van der Waals surface area contributed by atoms with Gasteiger partial charge in [0.15, 0.2) is 0 Å². The molecule has 4 aromatic carbocycles. The van der Waals surface area contributed by atoms with Crippen molar-refractivity contribution in [2.24, 2.45) is 0 Å². The molecule has 0 radical (unpaired) electrons. The molecule has 0 saturated carbocycles. The summed E-state index contributed by atoms with van der Waals surface area (Å²) in [7, 11) is 0. The molecule has 0 amide bonds. The molecule has 3 aromatic heterocycles. The third kappa shape index (κ3) is 3.07. The molecule has 0 atom stereocenters. The van der Waals surface area contributed by atoms with Gasteiger partial charge in [-0.25, -0.2) is 4.98 Å². The van der Waals surface area contributed by atoms with Crippen molar-refractivity contribution < 1.29 is 4.42 Å². The number of imidazole rings is 1. The fourth-order valence-electron chi connectivity index (χ4n) is 5.11. The number of furan rings is 1. The minimum atomic E-state index is -0.0648. The Labute approximate surface area is 208 Å². The van der Waals surface area contributed by atoms with E-state index >= 15 is 0 Å². The van der Waals surface area contributed by atoms with Gasteiger partial charge < -0.3 is 4.42 Å². The van der Waals surface area contributed by atoms with Crippen molar-refractivity contribution in [3.63, 3.8) is 0 Å². The predicted octanol–water partition coefficient (Wildman–Crippen LogP) is 8.44. The maximum Gasteiger partial charge on any atom is 0.149 e. The summed E-state index contributed by atoms with van der Waals surface area (Å²) in [5.74, 6) is 0.845. The van der Waals surface area contributed by atoms with Crippen LogP contribution in [0.4, 0.5) is 0 Å². The molecule has 0 saturated heterocycles. The first kappa shape index (κ1) is 20.9. The second kappa shape index (κ2) is 7.53. The molecule has 3 heterocycles. The molecule has 0 spiro atoms. The van der Waals surface area contributed by atoms with E-state index in [2.05, 4.69) is 110 Å². The van der Waals surface area contributed by atoms with Gasteiger partial charge in [-0.05, 0) is 35.7 Å². The van der Waals surface area contributed by atoms with Crippen LogP contribution in [0, 0.1) is 0 Å².